The number of fused-ring (bicyclic) bond motifs is 2. The first kappa shape index (κ1) is 19.5. The highest BCUT2D eigenvalue weighted by molar-refractivity contribution is 7.99. The quantitative estimate of drug-likeness (QED) is 0.388. The van der Waals surface area contributed by atoms with Crippen LogP contribution in [-0.4, -0.2) is 31.1 Å². The first-order valence-electron chi connectivity index (χ1n) is 8.95. The number of nitrogens with zero attached hydrogens (tertiary/aromatic N) is 1. The summed E-state index contributed by atoms with van der Waals surface area (Å²) in [5, 5.41) is 3.13. The number of imidazole rings is 1. The molecule has 1 unspecified atom stereocenters. The summed E-state index contributed by atoms with van der Waals surface area (Å²) in [6, 6.07) is 5.17. The van der Waals surface area contributed by atoms with Gasteiger partial charge in [-0.1, -0.05) is 0 Å². The van der Waals surface area contributed by atoms with E-state index in [1.807, 2.05) is 13.8 Å². The molecule has 0 fully saturated rings. The van der Waals surface area contributed by atoms with Crippen LogP contribution in [0.15, 0.2) is 27.8 Å². The summed E-state index contributed by atoms with van der Waals surface area (Å²) in [4.78, 5) is 50.7. The molecule has 29 heavy (non-hydrogen) atoms. The Labute approximate surface area is 173 Å². The Hall–Kier alpha value is -2.85. The average molecular weight is 430 g/mol. The van der Waals surface area contributed by atoms with Crippen molar-refractivity contribution in [2.75, 3.05) is 5.32 Å². The van der Waals surface area contributed by atoms with E-state index in [1.165, 1.54) is 23.1 Å². The van der Waals surface area contributed by atoms with Gasteiger partial charge in [0.2, 0.25) is 5.91 Å². The molecule has 1 amide bonds. The van der Waals surface area contributed by atoms with Crippen LogP contribution in [0.2, 0.25) is 0 Å². The Morgan fingerprint density at radius 1 is 1.21 bits per heavy atom. The first-order chi connectivity index (χ1) is 13.8. The van der Waals surface area contributed by atoms with Crippen molar-refractivity contribution in [1.29, 1.82) is 0 Å². The summed E-state index contributed by atoms with van der Waals surface area (Å²) >= 11 is 2.89. The molecule has 4 rings (SSSR count). The molecule has 150 valence electrons. The second-order valence-corrected chi connectivity index (χ2v) is 9.29. The predicted molar refractivity (Wildman–Crippen MR) is 118 cm³/mol. The summed E-state index contributed by atoms with van der Waals surface area (Å²) in [5.41, 5.74) is 2.44. The Bertz CT molecular complexity index is 1350. The molecule has 10 heteroatoms. The summed E-state index contributed by atoms with van der Waals surface area (Å²) in [6.07, 6.45) is 0. The van der Waals surface area contributed by atoms with Gasteiger partial charge in [0.25, 0.3) is 5.56 Å². The average Bonchev–Trinajstić information content (AvgIpc) is 3.17. The minimum atomic E-state index is -0.358. The fourth-order valence-corrected chi connectivity index (χ4v) is 4.81. The number of hydrogen-bond donors (Lipinski definition) is 4. The Balaban J connectivity index is 1.44. The maximum Gasteiger partial charge on any atom is 0.323 e. The molecule has 0 aliphatic rings. The van der Waals surface area contributed by atoms with Crippen molar-refractivity contribution in [3.05, 3.63) is 55.3 Å². The molecule has 0 radical (unpaired) electrons. The van der Waals surface area contributed by atoms with E-state index in [0.717, 1.165) is 15.3 Å². The lowest BCUT2D eigenvalue weighted by atomic mass is 10.2. The molecule has 8 nitrogen and oxygen atoms in total. The number of carbonyl (C=O) groups is 1. The number of nitrogens with one attached hydrogen (secondary N) is 4. The van der Waals surface area contributed by atoms with E-state index < -0.39 is 0 Å². The van der Waals surface area contributed by atoms with Crippen LogP contribution in [0, 0.1) is 13.8 Å². The third-order valence-electron chi connectivity index (χ3n) is 4.71. The van der Waals surface area contributed by atoms with Crippen molar-refractivity contribution in [3.8, 4) is 0 Å². The number of aromatic amines is 3. The maximum absolute atomic E-state index is 12.5. The molecular formula is C19H19N5O3S2. The normalized spacial score (nSPS) is 12.5. The SMILES string of the molecule is Cc1sc2nc(CSC(C)C(=O)Nc3ccc4[nH]c(=O)[nH]c4c3)[nH]c(=O)c2c1C. The van der Waals surface area contributed by atoms with Gasteiger partial charge in [-0.25, -0.2) is 9.78 Å². The van der Waals surface area contributed by atoms with Crippen molar-refractivity contribution in [3.63, 3.8) is 0 Å². The molecule has 4 N–H and O–H groups in total. The van der Waals surface area contributed by atoms with E-state index in [9.17, 15) is 14.4 Å². The van der Waals surface area contributed by atoms with Gasteiger partial charge in [-0.2, -0.15) is 0 Å². The number of thioether (sulfide) groups is 1. The van der Waals surface area contributed by atoms with Crippen LogP contribution in [0.4, 0.5) is 5.69 Å². The van der Waals surface area contributed by atoms with Crippen molar-refractivity contribution in [2.45, 2.75) is 31.8 Å². The predicted octanol–water partition coefficient (Wildman–Crippen LogP) is 3.03. The van der Waals surface area contributed by atoms with Gasteiger partial charge in [-0.15, -0.1) is 23.1 Å². The summed E-state index contributed by atoms with van der Waals surface area (Å²) in [7, 11) is 0. The van der Waals surface area contributed by atoms with Gasteiger partial charge in [0.1, 0.15) is 10.7 Å². The highest BCUT2D eigenvalue weighted by atomic mass is 32.2. The zero-order chi connectivity index (χ0) is 20.7. The molecule has 4 aromatic rings. The standard InChI is InChI=1S/C19H19N5O3S2/c1-8-9(2)29-18-15(8)17(26)23-14(24-18)7-28-10(3)16(25)20-11-4-5-12-13(6-11)22-19(27)21-12/h4-6,10H,7H2,1-3H3,(H,20,25)(H2,21,22,27)(H,23,24,26). The van der Waals surface area contributed by atoms with E-state index in [0.29, 0.717) is 33.7 Å². The van der Waals surface area contributed by atoms with Gasteiger partial charge in [0.15, 0.2) is 0 Å². The number of benzene rings is 1. The van der Waals surface area contributed by atoms with Gasteiger partial charge in [-0.05, 0) is 44.5 Å². The highest BCUT2D eigenvalue weighted by Gasteiger charge is 2.16. The van der Waals surface area contributed by atoms with Gasteiger partial charge < -0.3 is 20.3 Å². The number of rotatable bonds is 5. The number of carbonyl (C=O) groups excluding carboxylic acids is 1. The van der Waals surface area contributed by atoms with E-state index in [1.54, 1.807) is 25.1 Å². The van der Waals surface area contributed by atoms with Gasteiger partial charge in [-0.3, -0.25) is 9.59 Å². The van der Waals surface area contributed by atoms with E-state index in [-0.39, 0.29) is 22.4 Å². The van der Waals surface area contributed by atoms with Crippen molar-refractivity contribution in [2.24, 2.45) is 0 Å². The molecule has 1 atom stereocenters. The number of aryl methyl sites for hydroxylation is 2. The molecule has 0 aliphatic carbocycles. The lowest BCUT2D eigenvalue weighted by molar-refractivity contribution is -0.115. The molecule has 1 aromatic carbocycles. The lowest BCUT2D eigenvalue weighted by Crippen LogP contribution is -2.23. The Morgan fingerprint density at radius 3 is 2.76 bits per heavy atom. The van der Waals surface area contributed by atoms with Crippen LogP contribution in [0.1, 0.15) is 23.2 Å². The number of hydrogen-bond acceptors (Lipinski definition) is 6. The van der Waals surface area contributed by atoms with E-state index in [2.05, 4.69) is 25.3 Å². The fourth-order valence-electron chi connectivity index (χ4n) is 3.00. The Kier molecular flexibility index (Phi) is 5.05. The summed E-state index contributed by atoms with van der Waals surface area (Å²) in [6.45, 7) is 5.70. The van der Waals surface area contributed by atoms with Crippen LogP contribution >= 0.6 is 23.1 Å². The molecule has 0 saturated carbocycles. The zero-order valence-electron chi connectivity index (χ0n) is 16.0. The molecular weight excluding hydrogens is 410 g/mol. The van der Waals surface area contributed by atoms with Crippen LogP contribution in [0.5, 0.6) is 0 Å². The number of thiophene rings is 1. The van der Waals surface area contributed by atoms with Crippen LogP contribution in [-0.2, 0) is 10.5 Å². The molecule has 0 spiro atoms. The zero-order valence-corrected chi connectivity index (χ0v) is 17.6. The molecule has 3 aromatic heterocycles. The lowest BCUT2D eigenvalue weighted by Gasteiger charge is -2.12. The number of aromatic nitrogens is 4. The molecule has 3 heterocycles. The fraction of sp³-hybridized carbons (Fsp3) is 0.263. The molecule has 0 saturated heterocycles. The number of amides is 1. The number of H-pyrrole nitrogens is 3. The van der Waals surface area contributed by atoms with Gasteiger partial charge in [0.05, 0.1) is 27.4 Å². The monoisotopic (exact) mass is 429 g/mol. The van der Waals surface area contributed by atoms with Crippen molar-refractivity contribution in [1.82, 2.24) is 19.9 Å². The minimum Gasteiger partial charge on any atom is -0.325 e. The summed E-state index contributed by atoms with van der Waals surface area (Å²) in [5.74, 6) is 0.804. The maximum atomic E-state index is 12.5. The minimum absolute atomic E-state index is 0.140. The molecule has 0 aliphatic heterocycles. The smallest absolute Gasteiger partial charge is 0.323 e. The third-order valence-corrected chi connectivity index (χ3v) is 6.97. The van der Waals surface area contributed by atoms with Crippen LogP contribution < -0.4 is 16.6 Å². The van der Waals surface area contributed by atoms with Gasteiger partial charge >= 0.3 is 5.69 Å². The van der Waals surface area contributed by atoms with Crippen molar-refractivity contribution >= 4 is 55.9 Å². The topological polar surface area (TPSA) is 123 Å². The van der Waals surface area contributed by atoms with Crippen molar-refractivity contribution < 1.29 is 4.79 Å². The van der Waals surface area contributed by atoms with Crippen LogP contribution in [0.25, 0.3) is 21.3 Å². The first-order valence-corrected chi connectivity index (χ1v) is 10.8. The van der Waals surface area contributed by atoms with E-state index >= 15 is 0 Å². The van der Waals surface area contributed by atoms with E-state index in [4.69, 9.17) is 0 Å². The number of anilines is 1. The van der Waals surface area contributed by atoms with Gasteiger partial charge in [0, 0.05) is 10.6 Å². The molecule has 0 bridgehead atoms. The largest absolute Gasteiger partial charge is 0.325 e. The highest BCUT2D eigenvalue weighted by Crippen LogP contribution is 2.26. The summed E-state index contributed by atoms with van der Waals surface area (Å²) < 4.78 is 0. The Morgan fingerprint density at radius 2 is 1.97 bits per heavy atom. The third kappa shape index (κ3) is 3.85. The van der Waals surface area contributed by atoms with Crippen LogP contribution in [0.3, 0.4) is 0 Å². The second-order valence-electron chi connectivity index (χ2n) is 6.76. The second kappa shape index (κ2) is 7.53.